The van der Waals surface area contributed by atoms with E-state index >= 15 is 0 Å². The summed E-state index contributed by atoms with van der Waals surface area (Å²) in [7, 11) is 1.67. The van der Waals surface area contributed by atoms with Gasteiger partial charge in [0.2, 0.25) is 0 Å². The average Bonchev–Trinajstić information content (AvgIpc) is 2.52. The number of hydrogen-bond donors (Lipinski definition) is 1. The maximum absolute atomic E-state index is 12.1. The minimum Gasteiger partial charge on any atom is -0.483 e. The van der Waals surface area contributed by atoms with Gasteiger partial charge in [-0.2, -0.15) is 0 Å². The van der Waals surface area contributed by atoms with Crippen molar-refractivity contribution in [2.45, 2.75) is 0 Å². The number of ether oxygens (including phenoxy) is 1. The molecule has 0 aliphatic heterocycles. The lowest BCUT2D eigenvalue weighted by atomic mass is 10.2. The number of hydrogen-bond acceptors (Lipinski definition) is 4. The molecule has 0 fully saturated rings. The van der Waals surface area contributed by atoms with E-state index in [0.29, 0.717) is 17.0 Å². The van der Waals surface area contributed by atoms with Crippen LogP contribution in [0.5, 0.6) is 5.75 Å². The van der Waals surface area contributed by atoms with Gasteiger partial charge < -0.3 is 15.4 Å². The molecule has 0 saturated carbocycles. The zero-order valence-electron chi connectivity index (χ0n) is 11.5. The molecule has 108 valence electrons. The van der Waals surface area contributed by atoms with Crippen LogP contribution in [0.1, 0.15) is 5.56 Å². The van der Waals surface area contributed by atoms with Crippen molar-refractivity contribution in [3.63, 3.8) is 0 Å². The third-order valence-corrected chi connectivity index (χ3v) is 3.13. The average molecular weight is 301 g/mol. The first-order chi connectivity index (χ1) is 10.1. The number of likely N-dealkylation sites (N-methyl/N-ethyl adjacent to an activating group) is 1. The summed E-state index contributed by atoms with van der Waals surface area (Å²) in [5, 5.41) is 0. The fraction of sp³-hybridized carbons (Fsp3) is 0.133. The predicted octanol–water partition coefficient (Wildman–Crippen LogP) is 1.76. The van der Waals surface area contributed by atoms with Crippen molar-refractivity contribution in [1.82, 2.24) is 4.98 Å². The van der Waals surface area contributed by atoms with Gasteiger partial charge in [-0.3, -0.25) is 9.78 Å². The van der Waals surface area contributed by atoms with Gasteiger partial charge in [0.1, 0.15) is 10.7 Å². The Balaban J connectivity index is 2.03. The quantitative estimate of drug-likeness (QED) is 0.852. The molecule has 21 heavy (non-hydrogen) atoms. The van der Waals surface area contributed by atoms with Crippen LogP contribution >= 0.6 is 12.2 Å². The predicted molar refractivity (Wildman–Crippen MR) is 85.5 cm³/mol. The first kappa shape index (κ1) is 14.9. The Labute approximate surface area is 128 Å². The summed E-state index contributed by atoms with van der Waals surface area (Å²) in [5.74, 6) is 0.304. The summed E-state index contributed by atoms with van der Waals surface area (Å²) >= 11 is 4.95. The fourth-order valence-corrected chi connectivity index (χ4v) is 1.90. The van der Waals surface area contributed by atoms with Gasteiger partial charge in [0.05, 0.1) is 17.4 Å². The molecule has 2 rings (SSSR count). The second-order valence-corrected chi connectivity index (χ2v) is 4.75. The van der Waals surface area contributed by atoms with Gasteiger partial charge in [0.25, 0.3) is 5.91 Å². The lowest BCUT2D eigenvalue weighted by Crippen LogP contribution is -2.31. The third kappa shape index (κ3) is 3.76. The highest BCUT2D eigenvalue weighted by molar-refractivity contribution is 7.80. The van der Waals surface area contributed by atoms with Crippen molar-refractivity contribution in [2.24, 2.45) is 5.73 Å². The number of aromatic nitrogens is 1. The summed E-state index contributed by atoms with van der Waals surface area (Å²) in [6.07, 6.45) is 3.26. The molecule has 0 atom stereocenters. The normalized spacial score (nSPS) is 9.95. The molecule has 1 aromatic heterocycles. The van der Waals surface area contributed by atoms with Crippen molar-refractivity contribution < 1.29 is 9.53 Å². The van der Waals surface area contributed by atoms with Crippen molar-refractivity contribution >= 4 is 28.8 Å². The molecule has 1 amide bonds. The number of benzene rings is 1. The number of pyridine rings is 1. The molecule has 0 saturated heterocycles. The number of thiocarbonyl (C=S) groups is 1. The maximum Gasteiger partial charge on any atom is 0.264 e. The van der Waals surface area contributed by atoms with Crippen molar-refractivity contribution in [2.75, 3.05) is 18.6 Å². The number of carbonyl (C=O) groups excluding carboxylic acids is 1. The van der Waals surface area contributed by atoms with Crippen LogP contribution < -0.4 is 15.4 Å². The number of para-hydroxylation sites is 1. The van der Waals surface area contributed by atoms with Crippen LogP contribution in [-0.4, -0.2) is 29.5 Å². The number of rotatable bonds is 5. The highest BCUT2D eigenvalue weighted by Crippen LogP contribution is 2.18. The number of nitrogens with two attached hydrogens (primary N) is 1. The maximum atomic E-state index is 12.1. The monoisotopic (exact) mass is 301 g/mol. The van der Waals surface area contributed by atoms with Gasteiger partial charge in [0, 0.05) is 13.2 Å². The Kier molecular flexibility index (Phi) is 4.84. The van der Waals surface area contributed by atoms with Crippen LogP contribution in [0.15, 0.2) is 48.8 Å². The van der Waals surface area contributed by atoms with Crippen LogP contribution in [0.2, 0.25) is 0 Å². The number of nitrogens with zero attached hydrogens (tertiary/aromatic N) is 2. The Morgan fingerprint density at radius 2 is 2.10 bits per heavy atom. The zero-order chi connectivity index (χ0) is 15.2. The van der Waals surface area contributed by atoms with Crippen molar-refractivity contribution in [3.8, 4) is 5.75 Å². The largest absolute Gasteiger partial charge is 0.483 e. The summed E-state index contributed by atoms with van der Waals surface area (Å²) in [6, 6.07) is 10.7. The van der Waals surface area contributed by atoms with E-state index in [1.807, 2.05) is 6.07 Å². The van der Waals surface area contributed by atoms with E-state index < -0.39 is 0 Å². The van der Waals surface area contributed by atoms with Gasteiger partial charge in [-0.25, -0.2) is 0 Å². The lowest BCUT2D eigenvalue weighted by molar-refractivity contribution is -0.120. The van der Waals surface area contributed by atoms with Gasteiger partial charge in [0.15, 0.2) is 6.61 Å². The number of carbonyl (C=O) groups is 1. The standard InChI is InChI=1S/C15H15N3O2S/c1-18(11-5-4-8-17-9-11)14(19)10-20-13-7-3-2-6-12(13)15(16)21/h2-9H,10H2,1H3,(H2,16,21). The first-order valence-electron chi connectivity index (χ1n) is 6.28. The van der Waals surface area contributed by atoms with E-state index in [-0.39, 0.29) is 17.5 Å². The van der Waals surface area contributed by atoms with Gasteiger partial charge in [-0.05, 0) is 24.3 Å². The highest BCUT2D eigenvalue weighted by Gasteiger charge is 2.13. The zero-order valence-corrected chi connectivity index (χ0v) is 12.3. The van der Waals surface area contributed by atoms with Crippen LogP contribution in [0, 0.1) is 0 Å². The second kappa shape index (κ2) is 6.81. The summed E-state index contributed by atoms with van der Waals surface area (Å²) in [4.78, 5) is 17.8. The third-order valence-electron chi connectivity index (χ3n) is 2.91. The second-order valence-electron chi connectivity index (χ2n) is 4.31. The molecule has 0 bridgehead atoms. The molecule has 5 nitrogen and oxygen atoms in total. The van der Waals surface area contributed by atoms with E-state index in [2.05, 4.69) is 4.98 Å². The minimum absolute atomic E-state index is 0.106. The molecule has 1 aromatic carbocycles. The molecule has 2 aromatic rings. The van der Waals surface area contributed by atoms with Gasteiger partial charge in [-0.1, -0.05) is 24.4 Å². The Bertz CT molecular complexity index is 646. The van der Waals surface area contributed by atoms with Crippen LogP contribution in [-0.2, 0) is 4.79 Å². The van der Waals surface area contributed by atoms with E-state index in [9.17, 15) is 4.79 Å². The Hall–Kier alpha value is -2.47. The van der Waals surface area contributed by atoms with E-state index in [1.54, 1.807) is 49.8 Å². The van der Waals surface area contributed by atoms with E-state index in [0.717, 1.165) is 0 Å². The van der Waals surface area contributed by atoms with Crippen LogP contribution in [0.25, 0.3) is 0 Å². The molecular formula is C15H15N3O2S. The Morgan fingerprint density at radius 1 is 1.33 bits per heavy atom. The lowest BCUT2D eigenvalue weighted by Gasteiger charge is -2.17. The van der Waals surface area contributed by atoms with E-state index in [1.165, 1.54) is 4.90 Å². The summed E-state index contributed by atoms with van der Waals surface area (Å²) < 4.78 is 5.52. The SMILES string of the molecule is CN(C(=O)COc1ccccc1C(N)=S)c1cccnc1. The van der Waals surface area contributed by atoms with Crippen LogP contribution in [0.4, 0.5) is 5.69 Å². The van der Waals surface area contributed by atoms with Gasteiger partial charge >= 0.3 is 0 Å². The Morgan fingerprint density at radius 3 is 2.76 bits per heavy atom. The smallest absolute Gasteiger partial charge is 0.264 e. The summed E-state index contributed by atoms with van der Waals surface area (Å²) in [6.45, 7) is -0.106. The first-order valence-corrected chi connectivity index (χ1v) is 6.68. The molecule has 0 radical (unpaired) electrons. The molecule has 2 N–H and O–H groups in total. The molecule has 1 heterocycles. The molecule has 0 aliphatic carbocycles. The molecule has 0 unspecified atom stereocenters. The van der Waals surface area contributed by atoms with Crippen LogP contribution in [0.3, 0.4) is 0 Å². The van der Waals surface area contributed by atoms with Crippen molar-refractivity contribution in [3.05, 3.63) is 54.4 Å². The van der Waals surface area contributed by atoms with Gasteiger partial charge in [-0.15, -0.1) is 0 Å². The minimum atomic E-state index is -0.194. The highest BCUT2D eigenvalue weighted by atomic mass is 32.1. The number of anilines is 1. The topological polar surface area (TPSA) is 68.5 Å². The van der Waals surface area contributed by atoms with Crippen molar-refractivity contribution in [1.29, 1.82) is 0 Å². The molecule has 0 spiro atoms. The molecule has 0 aliphatic rings. The molecule has 6 heteroatoms. The summed E-state index contributed by atoms with van der Waals surface area (Å²) in [5.41, 5.74) is 6.94. The molecular weight excluding hydrogens is 286 g/mol. The van der Waals surface area contributed by atoms with E-state index in [4.69, 9.17) is 22.7 Å². The number of amides is 1. The fourth-order valence-electron chi connectivity index (χ4n) is 1.73.